The largest absolute Gasteiger partial charge is 0.356 e. The lowest BCUT2D eigenvalue weighted by Crippen LogP contribution is -2.24. The molecule has 18 heavy (non-hydrogen) atoms. The number of rotatable bonds is 2. The van der Waals surface area contributed by atoms with Crippen molar-refractivity contribution >= 4 is 34.1 Å². The van der Waals surface area contributed by atoms with E-state index in [4.69, 9.17) is 23.2 Å². The molecule has 1 aromatic carbocycles. The van der Waals surface area contributed by atoms with Crippen LogP contribution in [0.5, 0.6) is 0 Å². The number of halogens is 2. The number of H-pyrrole nitrogens is 1. The summed E-state index contributed by atoms with van der Waals surface area (Å²) >= 11 is 12.4. The Bertz CT molecular complexity index is 589. The van der Waals surface area contributed by atoms with E-state index in [1.54, 1.807) is 6.07 Å². The topological polar surface area (TPSA) is 27.8 Å². The molecule has 4 heteroatoms. The molecule has 1 aromatic heterocycles. The minimum atomic E-state index is 0.418. The minimum absolute atomic E-state index is 0.418. The van der Waals surface area contributed by atoms with E-state index in [-0.39, 0.29) is 0 Å². The van der Waals surface area contributed by atoms with Gasteiger partial charge in [-0.1, -0.05) is 30.1 Å². The van der Waals surface area contributed by atoms with E-state index in [1.165, 1.54) is 29.5 Å². The molecule has 1 heterocycles. The Morgan fingerprint density at radius 3 is 3.00 bits per heavy atom. The van der Waals surface area contributed by atoms with Gasteiger partial charge in [-0.15, -0.1) is 0 Å². The second kappa shape index (κ2) is 4.76. The third kappa shape index (κ3) is 1.93. The maximum atomic E-state index is 6.27. The zero-order valence-corrected chi connectivity index (χ0v) is 11.8. The first kappa shape index (κ1) is 12.3. The molecule has 1 aliphatic rings. The highest BCUT2D eigenvalue weighted by molar-refractivity contribution is 6.38. The summed E-state index contributed by atoms with van der Waals surface area (Å²) in [5, 5.41) is 6.13. The fourth-order valence-electron chi connectivity index (χ4n) is 2.94. The molecule has 1 unspecified atom stereocenters. The van der Waals surface area contributed by atoms with Crippen LogP contribution in [0.1, 0.15) is 37.1 Å². The van der Waals surface area contributed by atoms with Gasteiger partial charge in [-0.3, -0.25) is 0 Å². The Balaban J connectivity index is 2.20. The Kier molecular flexibility index (Phi) is 3.27. The van der Waals surface area contributed by atoms with Crippen LogP contribution in [0, 0.1) is 0 Å². The van der Waals surface area contributed by atoms with Crippen LogP contribution in [0.25, 0.3) is 10.9 Å². The Hall–Kier alpha value is -0.700. The number of aromatic amines is 1. The summed E-state index contributed by atoms with van der Waals surface area (Å²) in [5.74, 6) is 0. The molecule has 2 aromatic rings. The third-order valence-electron chi connectivity index (χ3n) is 3.68. The molecule has 0 bridgehead atoms. The second-order valence-corrected chi connectivity index (χ2v) is 5.67. The Labute approximate surface area is 117 Å². The van der Waals surface area contributed by atoms with Gasteiger partial charge in [-0.25, -0.2) is 0 Å². The number of hydrogen-bond donors (Lipinski definition) is 2. The number of aryl methyl sites for hydroxylation is 1. The van der Waals surface area contributed by atoms with Gasteiger partial charge < -0.3 is 10.3 Å². The molecule has 3 rings (SSSR count). The van der Waals surface area contributed by atoms with Gasteiger partial charge in [0.15, 0.2) is 0 Å². The average Bonchev–Trinajstić information content (AvgIpc) is 2.70. The van der Waals surface area contributed by atoms with E-state index in [0.29, 0.717) is 16.1 Å². The van der Waals surface area contributed by atoms with E-state index in [1.807, 2.05) is 6.07 Å². The first-order chi connectivity index (χ1) is 8.70. The van der Waals surface area contributed by atoms with Crippen LogP contribution in [-0.2, 0) is 6.42 Å². The zero-order chi connectivity index (χ0) is 12.7. The third-order valence-corrected chi connectivity index (χ3v) is 4.20. The predicted molar refractivity (Wildman–Crippen MR) is 77.7 cm³/mol. The van der Waals surface area contributed by atoms with Gasteiger partial charge in [0.1, 0.15) is 0 Å². The van der Waals surface area contributed by atoms with Crippen molar-refractivity contribution < 1.29 is 0 Å². The van der Waals surface area contributed by atoms with E-state index in [9.17, 15) is 0 Å². The number of nitrogens with one attached hydrogen (secondary N) is 2. The van der Waals surface area contributed by atoms with Crippen LogP contribution < -0.4 is 5.32 Å². The molecule has 0 radical (unpaired) electrons. The van der Waals surface area contributed by atoms with Crippen LogP contribution in [0.4, 0.5) is 0 Å². The standard InChI is InChI=1S/C14H16Cl2N2/c1-2-17-12-5-3-4-9-10-6-8(15)7-11(16)13(10)18-14(9)12/h6-7,12,17-18H,2-5H2,1H3. The molecule has 0 amide bonds. The summed E-state index contributed by atoms with van der Waals surface area (Å²) in [4.78, 5) is 3.49. The number of aromatic nitrogens is 1. The molecule has 0 spiro atoms. The molecule has 0 saturated heterocycles. The summed E-state index contributed by atoms with van der Waals surface area (Å²) in [7, 11) is 0. The van der Waals surface area contributed by atoms with E-state index in [2.05, 4.69) is 17.2 Å². The van der Waals surface area contributed by atoms with Gasteiger partial charge in [0, 0.05) is 22.1 Å². The summed E-state index contributed by atoms with van der Waals surface area (Å²) in [6, 6.07) is 4.24. The van der Waals surface area contributed by atoms with Crippen LogP contribution in [0.15, 0.2) is 12.1 Å². The highest BCUT2D eigenvalue weighted by Gasteiger charge is 2.24. The summed E-state index contributed by atoms with van der Waals surface area (Å²) in [6.45, 7) is 3.12. The van der Waals surface area contributed by atoms with Gasteiger partial charge in [0.2, 0.25) is 0 Å². The summed E-state index contributed by atoms with van der Waals surface area (Å²) < 4.78 is 0. The number of fused-ring (bicyclic) bond motifs is 3. The van der Waals surface area contributed by atoms with Crippen molar-refractivity contribution in [2.45, 2.75) is 32.2 Å². The minimum Gasteiger partial charge on any atom is -0.356 e. The SMILES string of the molecule is CCNC1CCCc2c1[nH]c1c(Cl)cc(Cl)cc21. The fourth-order valence-corrected chi connectivity index (χ4v) is 3.48. The lowest BCUT2D eigenvalue weighted by molar-refractivity contribution is 0.465. The molecule has 2 N–H and O–H groups in total. The summed E-state index contributed by atoms with van der Waals surface area (Å²) in [5.41, 5.74) is 3.70. The average molecular weight is 283 g/mol. The fraction of sp³-hybridized carbons (Fsp3) is 0.429. The van der Waals surface area contributed by atoms with Gasteiger partial charge in [-0.05, 0) is 43.5 Å². The van der Waals surface area contributed by atoms with Crippen molar-refractivity contribution in [3.05, 3.63) is 33.4 Å². The van der Waals surface area contributed by atoms with Crippen LogP contribution in [0.2, 0.25) is 10.0 Å². The van der Waals surface area contributed by atoms with Gasteiger partial charge in [0.25, 0.3) is 0 Å². The van der Waals surface area contributed by atoms with Gasteiger partial charge >= 0.3 is 0 Å². The molecule has 96 valence electrons. The molecule has 0 saturated carbocycles. The number of benzene rings is 1. The van der Waals surface area contributed by atoms with Crippen molar-refractivity contribution in [2.75, 3.05) is 6.54 Å². The Morgan fingerprint density at radius 1 is 1.39 bits per heavy atom. The van der Waals surface area contributed by atoms with Gasteiger partial charge in [0.05, 0.1) is 10.5 Å². The van der Waals surface area contributed by atoms with Crippen LogP contribution in [-0.4, -0.2) is 11.5 Å². The maximum Gasteiger partial charge on any atom is 0.0662 e. The van der Waals surface area contributed by atoms with E-state index < -0.39 is 0 Å². The molecule has 2 nitrogen and oxygen atoms in total. The van der Waals surface area contributed by atoms with Crippen molar-refractivity contribution in [3.63, 3.8) is 0 Å². The lowest BCUT2D eigenvalue weighted by atomic mass is 9.92. The molecule has 0 aliphatic heterocycles. The summed E-state index contributed by atoms with van der Waals surface area (Å²) in [6.07, 6.45) is 3.49. The van der Waals surface area contributed by atoms with Crippen molar-refractivity contribution in [2.24, 2.45) is 0 Å². The van der Waals surface area contributed by atoms with Crippen molar-refractivity contribution in [1.29, 1.82) is 0 Å². The van der Waals surface area contributed by atoms with Crippen LogP contribution >= 0.6 is 23.2 Å². The molecule has 1 atom stereocenters. The maximum absolute atomic E-state index is 6.27. The normalized spacial score (nSPS) is 19.2. The monoisotopic (exact) mass is 282 g/mol. The zero-order valence-electron chi connectivity index (χ0n) is 10.3. The second-order valence-electron chi connectivity index (χ2n) is 4.83. The predicted octanol–water partition coefficient (Wildman–Crippen LogP) is 4.46. The van der Waals surface area contributed by atoms with Gasteiger partial charge in [-0.2, -0.15) is 0 Å². The molecular weight excluding hydrogens is 267 g/mol. The lowest BCUT2D eigenvalue weighted by Gasteiger charge is -2.23. The van der Waals surface area contributed by atoms with Crippen molar-refractivity contribution in [3.8, 4) is 0 Å². The van der Waals surface area contributed by atoms with E-state index in [0.717, 1.165) is 18.5 Å². The molecular formula is C14H16Cl2N2. The van der Waals surface area contributed by atoms with E-state index >= 15 is 0 Å². The molecule has 1 aliphatic carbocycles. The van der Waals surface area contributed by atoms with Crippen LogP contribution in [0.3, 0.4) is 0 Å². The molecule has 0 fully saturated rings. The smallest absolute Gasteiger partial charge is 0.0662 e. The Morgan fingerprint density at radius 2 is 2.22 bits per heavy atom. The first-order valence-corrected chi connectivity index (χ1v) is 7.19. The quantitative estimate of drug-likeness (QED) is 0.836. The highest BCUT2D eigenvalue weighted by Crippen LogP contribution is 2.38. The van der Waals surface area contributed by atoms with Crippen molar-refractivity contribution in [1.82, 2.24) is 10.3 Å². The first-order valence-electron chi connectivity index (χ1n) is 6.43. The highest BCUT2D eigenvalue weighted by atomic mass is 35.5. The number of hydrogen-bond acceptors (Lipinski definition) is 1.